The van der Waals surface area contributed by atoms with Crippen molar-refractivity contribution in [2.45, 2.75) is 12.8 Å². The van der Waals surface area contributed by atoms with Crippen molar-refractivity contribution in [3.05, 3.63) is 0 Å². The Labute approximate surface area is 120 Å². The number of urea groups is 1. The number of amides is 2. The van der Waals surface area contributed by atoms with Crippen molar-refractivity contribution in [1.29, 1.82) is 0 Å². The summed E-state index contributed by atoms with van der Waals surface area (Å²) in [5.41, 5.74) is 0. The van der Waals surface area contributed by atoms with Gasteiger partial charge in [0.05, 0.1) is 20.1 Å². The first-order valence-corrected chi connectivity index (χ1v) is 6.97. The Balaban J connectivity index is 1.93. The maximum Gasteiger partial charge on any atom is 0.323 e. The lowest BCUT2D eigenvalue weighted by molar-refractivity contribution is -0.146. The molecule has 1 saturated heterocycles. The second-order valence-corrected chi connectivity index (χ2v) is 5.26. The maximum atomic E-state index is 12.1. The van der Waals surface area contributed by atoms with Crippen LogP contribution >= 0.6 is 11.3 Å². The lowest BCUT2D eigenvalue weighted by atomic mass is 9.98. The highest BCUT2D eigenvalue weighted by Crippen LogP contribution is 2.23. The summed E-state index contributed by atoms with van der Waals surface area (Å²) in [6.45, 7) is 0.962. The van der Waals surface area contributed by atoms with Crippen molar-refractivity contribution in [2.24, 2.45) is 5.92 Å². The summed E-state index contributed by atoms with van der Waals surface area (Å²) in [4.78, 5) is 25.2. The minimum absolute atomic E-state index is 0.261. The smallest absolute Gasteiger partial charge is 0.323 e. The van der Waals surface area contributed by atoms with Gasteiger partial charge >= 0.3 is 12.0 Å². The van der Waals surface area contributed by atoms with Crippen LogP contribution < -0.4 is 10.1 Å². The Hall–Kier alpha value is -1.90. The van der Waals surface area contributed by atoms with Crippen molar-refractivity contribution in [3.63, 3.8) is 0 Å². The number of carbonyl (C=O) groups excluding carboxylic acids is 2. The Morgan fingerprint density at radius 1 is 1.40 bits per heavy atom. The largest absolute Gasteiger partial charge is 0.472 e. The van der Waals surface area contributed by atoms with Crippen LogP contribution in [0.1, 0.15) is 12.8 Å². The van der Waals surface area contributed by atoms with E-state index in [4.69, 9.17) is 9.47 Å². The highest BCUT2D eigenvalue weighted by atomic mass is 32.1. The standard InChI is InChI=1S/C11H16N4O4S/c1-18-8(16)7-4-3-5-15(6-7)10(17)12-9-13-14-11(19-2)20-9/h7H,3-6H2,1-2H3,(H,12,13,17). The molecule has 2 amide bonds. The van der Waals surface area contributed by atoms with Gasteiger partial charge in [-0.1, -0.05) is 5.10 Å². The van der Waals surface area contributed by atoms with Crippen LogP contribution in [0.3, 0.4) is 0 Å². The number of carbonyl (C=O) groups is 2. The van der Waals surface area contributed by atoms with Gasteiger partial charge in [0.1, 0.15) is 0 Å². The van der Waals surface area contributed by atoms with E-state index in [2.05, 4.69) is 15.5 Å². The third kappa shape index (κ3) is 3.35. The van der Waals surface area contributed by atoms with E-state index in [-0.39, 0.29) is 17.9 Å². The van der Waals surface area contributed by atoms with Crippen molar-refractivity contribution in [3.8, 4) is 5.19 Å². The molecule has 1 unspecified atom stereocenters. The molecule has 1 aliphatic heterocycles. The van der Waals surface area contributed by atoms with Crippen molar-refractivity contribution in [1.82, 2.24) is 15.1 Å². The zero-order valence-corrected chi connectivity index (χ0v) is 12.1. The highest BCUT2D eigenvalue weighted by molar-refractivity contribution is 7.17. The summed E-state index contributed by atoms with van der Waals surface area (Å²) in [6.07, 6.45) is 1.51. The molecule has 0 spiro atoms. The number of anilines is 1. The van der Waals surface area contributed by atoms with Crippen LogP contribution in [0, 0.1) is 5.92 Å². The van der Waals surface area contributed by atoms with Crippen molar-refractivity contribution in [2.75, 3.05) is 32.6 Å². The maximum absolute atomic E-state index is 12.1. The molecular formula is C11H16N4O4S. The molecule has 8 nitrogen and oxygen atoms in total. The van der Waals surface area contributed by atoms with Gasteiger partial charge in [-0.2, -0.15) is 0 Å². The lowest BCUT2D eigenvalue weighted by Gasteiger charge is -2.30. The molecule has 2 rings (SSSR count). The van der Waals surface area contributed by atoms with Crippen LogP contribution in [0.2, 0.25) is 0 Å². The molecule has 0 aromatic carbocycles. The number of hydrogen-bond acceptors (Lipinski definition) is 7. The second kappa shape index (κ2) is 6.51. The zero-order chi connectivity index (χ0) is 14.5. The molecule has 1 N–H and O–H groups in total. The molecule has 1 aromatic heterocycles. The fourth-order valence-electron chi connectivity index (χ4n) is 2.03. The number of nitrogens with one attached hydrogen (secondary N) is 1. The quantitative estimate of drug-likeness (QED) is 0.836. The first kappa shape index (κ1) is 14.5. The molecule has 9 heteroatoms. The van der Waals surface area contributed by atoms with E-state index in [1.807, 2.05) is 0 Å². The Bertz CT molecular complexity index is 493. The van der Waals surface area contributed by atoms with Crippen LogP contribution in [0.5, 0.6) is 5.19 Å². The lowest BCUT2D eigenvalue weighted by Crippen LogP contribution is -2.44. The van der Waals surface area contributed by atoms with E-state index in [9.17, 15) is 9.59 Å². The summed E-state index contributed by atoms with van der Waals surface area (Å²) < 4.78 is 9.62. The fourth-order valence-corrected chi connectivity index (χ4v) is 2.58. The van der Waals surface area contributed by atoms with Crippen LogP contribution in [-0.2, 0) is 9.53 Å². The molecule has 0 saturated carbocycles. The summed E-state index contributed by atoms with van der Waals surface area (Å²) in [6, 6.07) is -0.294. The molecule has 1 aromatic rings. The second-order valence-electron chi connectivity index (χ2n) is 4.32. The van der Waals surface area contributed by atoms with Gasteiger partial charge < -0.3 is 14.4 Å². The normalized spacial score (nSPS) is 18.5. The van der Waals surface area contributed by atoms with Crippen LogP contribution in [-0.4, -0.2) is 54.4 Å². The summed E-state index contributed by atoms with van der Waals surface area (Å²) in [5.74, 6) is -0.538. The molecule has 0 bridgehead atoms. The third-order valence-electron chi connectivity index (χ3n) is 3.04. The number of nitrogens with zero attached hydrogens (tertiary/aromatic N) is 3. The molecule has 20 heavy (non-hydrogen) atoms. The Morgan fingerprint density at radius 3 is 2.85 bits per heavy atom. The number of ether oxygens (including phenoxy) is 2. The van der Waals surface area contributed by atoms with E-state index in [1.54, 1.807) is 4.90 Å². The average molecular weight is 300 g/mol. The molecule has 2 heterocycles. The Morgan fingerprint density at radius 2 is 2.20 bits per heavy atom. The fraction of sp³-hybridized carbons (Fsp3) is 0.636. The number of aromatic nitrogens is 2. The van der Waals surface area contributed by atoms with Crippen molar-refractivity contribution < 1.29 is 19.1 Å². The van der Waals surface area contributed by atoms with Gasteiger partial charge in [-0.15, -0.1) is 5.10 Å². The first-order valence-electron chi connectivity index (χ1n) is 6.15. The number of likely N-dealkylation sites (tertiary alicyclic amines) is 1. The molecule has 1 aliphatic rings. The summed E-state index contributed by atoms with van der Waals surface area (Å²) in [7, 11) is 2.84. The highest BCUT2D eigenvalue weighted by Gasteiger charge is 2.29. The van der Waals surface area contributed by atoms with Gasteiger partial charge in [0.15, 0.2) is 0 Å². The van der Waals surface area contributed by atoms with Crippen LogP contribution in [0.4, 0.5) is 9.93 Å². The van der Waals surface area contributed by atoms with E-state index in [0.717, 1.165) is 24.2 Å². The first-order chi connectivity index (χ1) is 9.63. The Kier molecular flexibility index (Phi) is 4.72. The van der Waals surface area contributed by atoms with E-state index >= 15 is 0 Å². The van der Waals surface area contributed by atoms with Gasteiger partial charge in [0, 0.05) is 13.1 Å². The average Bonchev–Trinajstić information content (AvgIpc) is 2.94. The zero-order valence-electron chi connectivity index (χ0n) is 11.3. The van der Waals surface area contributed by atoms with E-state index in [0.29, 0.717) is 23.4 Å². The SMILES string of the molecule is COC(=O)C1CCCN(C(=O)Nc2nnc(OC)s2)C1. The molecular weight excluding hydrogens is 284 g/mol. The van der Waals surface area contributed by atoms with E-state index in [1.165, 1.54) is 14.2 Å². The molecule has 1 fully saturated rings. The van der Waals surface area contributed by atoms with Gasteiger partial charge in [0.2, 0.25) is 5.13 Å². The number of rotatable bonds is 3. The topological polar surface area (TPSA) is 93.7 Å². The summed E-state index contributed by atoms with van der Waals surface area (Å²) in [5, 5.41) is 10.9. The van der Waals surface area contributed by atoms with Gasteiger partial charge in [-0.05, 0) is 24.2 Å². The minimum atomic E-state index is -0.294. The monoisotopic (exact) mass is 300 g/mol. The molecule has 1 atom stereocenters. The minimum Gasteiger partial charge on any atom is -0.472 e. The van der Waals surface area contributed by atoms with Gasteiger partial charge in [0.25, 0.3) is 5.19 Å². The number of piperidine rings is 1. The van der Waals surface area contributed by atoms with Crippen LogP contribution in [0.25, 0.3) is 0 Å². The predicted octanol–water partition coefficient (Wildman–Crippen LogP) is 0.964. The molecule has 110 valence electrons. The molecule has 0 aliphatic carbocycles. The number of methoxy groups -OCH3 is 2. The number of esters is 1. The van der Waals surface area contributed by atoms with Crippen molar-refractivity contribution >= 4 is 28.5 Å². The van der Waals surface area contributed by atoms with Gasteiger partial charge in [-0.25, -0.2) is 4.79 Å². The van der Waals surface area contributed by atoms with Crippen LogP contribution in [0.15, 0.2) is 0 Å². The van der Waals surface area contributed by atoms with E-state index < -0.39 is 0 Å². The predicted molar refractivity (Wildman–Crippen MR) is 71.8 cm³/mol. The molecule has 0 radical (unpaired) electrons. The van der Waals surface area contributed by atoms with Gasteiger partial charge in [-0.3, -0.25) is 10.1 Å². The summed E-state index contributed by atoms with van der Waals surface area (Å²) >= 11 is 1.14. The number of hydrogen-bond donors (Lipinski definition) is 1. The third-order valence-corrected chi connectivity index (χ3v) is 3.84.